The quantitative estimate of drug-likeness (QED) is 0.552. The normalized spacial score (nSPS) is 10.8. The van der Waals surface area contributed by atoms with Crippen LogP contribution >= 0.6 is 0 Å². The lowest BCUT2D eigenvalue weighted by molar-refractivity contribution is 0.853. The van der Waals surface area contributed by atoms with E-state index in [0.717, 1.165) is 28.1 Å². The fraction of sp³-hybridized carbons (Fsp3) is 0.0870. The minimum atomic E-state index is -0.0449. The van der Waals surface area contributed by atoms with Crippen molar-refractivity contribution in [1.82, 2.24) is 9.78 Å². The van der Waals surface area contributed by atoms with E-state index in [9.17, 15) is 4.79 Å². The third-order valence-corrected chi connectivity index (χ3v) is 4.55. The number of nitrogens with one attached hydrogen (secondary N) is 1. The first-order chi connectivity index (χ1) is 12.6. The van der Waals surface area contributed by atoms with Crippen LogP contribution in [-0.4, -0.2) is 9.78 Å². The number of benzene rings is 3. The van der Waals surface area contributed by atoms with Gasteiger partial charge in [-0.05, 0) is 37.6 Å². The summed E-state index contributed by atoms with van der Waals surface area (Å²) in [5.74, 6) is 0. The number of H-pyrrole nitrogens is 1. The molecule has 4 aromatic rings. The molecular weight excluding hydrogens is 320 g/mol. The Kier molecular flexibility index (Phi) is 4.05. The van der Waals surface area contributed by atoms with Crippen molar-refractivity contribution >= 4 is 0 Å². The van der Waals surface area contributed by atoms with Crippen LogP contribution in [0.3, 0.4) is 0 Å². The zero-order chi connectivity index (χ0) is 18.1. The zero-order valence-corrected chi connectivity index (χ0v) is 14.9. The lowest BCUT2D eigenvalue weighted by atomic mass is 10.00. The standard InChI is InChI=1S/C23H20N2O/c1-16-11-13-18(14-12-16)21-22(19-8-6-7-17(2)15-19)24-25(23(21)26)20-9-4-3-5-10-20/h3-15,24H,1-2H3. The van der Waals surface area contributed by atoms with Crippen molar-refractivity contribution in [3.63, 3.8) is 0 Å². The summed E-state index contributed by atoms with van der Waals surface area (Å²) < 4.78 is 1.62. The molecule has 128 valence electrons. The number of hydrogen-bond donors (Lipinski definition) is 1. The van der Waals surface area contributed by atoms with Gasteiger partial charge >= 0.3 is 0 Å². The van der Waals surface area contributed by atoms with Gasteiger partial charge in [0.2, 0.25) is 0 Å². The monoisotopic (exact) mass is 340 g/mol. The second kappa shape index (κ2) is 6.52. The van der Waals surface area contributed by atoms with Gasteiger partial charge < -0.3 is 0 Å². The molecule has 0 aliphatic rings. The summed E-state index contributed by atoms with van der Waals surface area (Å²) >= 11 is 0. The average molecular weight is 340 g/mol. The first kappa shape index (κ1) is 16.2. The fourth-order valence-electron chi connectivity index (χ4n) is 3.19. The molecule has 3 aromatic carbocycles. The first-order valence-electron chi connectivity index (χ1n) is 8.68. The number of para-hydroxylation sites is 1. The van der Waals surface area contributed by atoms with Gasteiger partial charge in [-0.25, -0.2) is 4.68 Å². The number of aryl methyl sites for hydroxylation is 2. The summed E-state index contributed by atoms with van der Waals surface area (Å²) in [6, 6.07) is 26.0. The molecule has 0 saturated heterocycles. The number of rotatable bonds is 3. The summed E-state index contributed by atoms with van der Waals surface area (Å²) in [6.07, 6.45) is 0. The summed E-state index contributed by atoms with van der Waals surface area (Å²) in [4.78, 5) is 13.3. The van der Waals surface area contributed by atoms with Crippen LogP contribution < -0.4 is 5.56 Å². The van der Waals surface area contributed by atoms with E-state index in [1.807, 2.05) is 73.7 Å². The number of nitrogens with zero attached hydrogens (tertiary/aromatic N) is 1. The molecule has 3 nitrogen and oxygen atoms in total. The molecular formula is C23H20N2O. The van der Waals surface area contributed by atoms with E-state index < -0.39 is 0 Å². The highest BCUT2D eigenvalue weighted by molar-refractivity contribution is 5.81. The molecule has 1 aromatic heterocycles. The lowest BCUT2D eigenvalue weighted by Crippen LogP contribution is -2.15. The smallest absolute Gasteiger partial charge is 0.279 e. The number of hydrogen-bond acceptors (Lipinski definition) is 1. The molecule has 1 heterocycles. The van der Waals surface area contributed by atoms with Crippen molar-refractivity contribution in [2.24, 2.45) is 0 Å². The van der Waals surface area contributed by atoms with Gasteiger partial charge in [0.25, 0.3) is 5.56 Å². The molecule has 1 N–H and O–H groups in total. The molecule has 0 fully saturated rings. The van der Waals surface area contributed by atoms with Crippen LogP contribution in [0.5, 0.6) is 0 Å². The molecule has 0 unspecified atom stereocenters. The topological polar surface area (TPSA) is 37.8 Å². The Balaban J connectivity index is 2.00. The molecule has 0 aliphatic heterocycles. The van der Waals surface area contributed by atoms with E-state index in [1.54, 1.807) is 4.68 Å². The van der Waals surface area contributed by atoms with Crippen LogP contribution in [0.15, 0.2) is 83.7 Å². The molecule has 26 heavy (non-hydrogen) atoms. The molecule has 0 aliphatic carbocycles. The van der Waals surface area contributed by atoms with Crippen molar-refractivity contribution in [2.45, 2.75) is 13.8 Å². The Morgan fingerprint density at radius 3 is 2.15 bits per heavy atom. The Labute approximate surface area is 152 Å². The van der Waals surface area contributed by atoms with E-state index in [1.165, 1.54) is 5.56 Å². The summed E-state index contributed by atoms with van der Waals surface area (Å²) in [6.45, 7) is 4.10. The predicted molar refractivity (Wildman–Crippen MR) is 107 cm³/mol. The number of aromatic nitrogens is 2. The van der Waals surface area contributed by atoms with E-state index in [-0.39, 0.29) is 5.56 Å². The van der Waals surface area contributed by atoms with Crippen molar-refractivity contribution in [3.8, 4) is 28.1 Å². The highest BCUT2D eigenvalue weighted by Gasteiger charge is 2.18. The molecule has 4 rings (SSSR count). The summed E-state index contributed by atoms with van der Waals surface area (Å²) in [7, 11) is 0. The van der Waals surface area contributed by atoms with Gasteiger partial charge in [-0.1, -0.05) is 71.8 Å². The molecule has 0 amide bonds. The predicted octanol–water partition coefficient (Wildman–Crippen LogP) is 5.12. The van der Waals surface area contributed by atoms with E-state index in [2.05, 4.69) is 24.2 Å². The van der Waals surface area contributed by atoms with Gasteiger partial charge in [0.1, 0.15) is 0 Å². The van der Waals surface area contributed by atoms with Crippen molar-refractivity contribution < 1.29 is 0 Å². The van der Waals surface area contributed by atoms with Gasteiger partial charge in [-0.15, -0.1) is 0 Å². The third-order valence-electron chi connectivity index (χ3n) is 4.55. The molecule has 3 heteroatoms. The van der Waals surface area contributed by atoms with Crippen LogP contribution in [0.1, 0.15) is 11.1 Å². The van der Waals surface area contributed by atoms with Crippen LogP contribution in [0.25, 0.3) is 28.1 Å². The maximum Gasteiger partial charge on any atom is 0.279 e. The third kappa shape index (κ3) is 2.88. The Bertz CT molecular complexity index is 1100. The number of aromatic amines is 1. The highest BCUT2D eigenvalue weighted by Crippen LogP contribution is 2.29. The van der Waals surface area contributed by atoms with Crippen LogP contribution in [-0.2, 0) is 0 Å². The Hall–Kier alpha value is -3.33. The van der Waals surface area contributed by atoms with E-state index >= 15 is 0 Å². The minimum absolute atomic E-state index is 0.0449. The second-order valence-corrected chi connectivity index (χ2v) is 6.57. The van der Waals surface area contributed by atoms with Gasteiger partial charge in [-0.3, -0.25) is 9.89 Å². The van der Waals surface area contributed by atoms with Gasteiger partial charge in [-0.2, -0.15) is 0 Å². The fourth-order valence-corrected chi connectivity index (χ4v) is 3.19. The lowest BCUT2D eigenvalue weighted by Gasteiger charge is -2.05. The molecule has 0 spiro atoms. The molecule has 0 radical (unpaired) electrons. The maximum absolute atomic E-state index is 13.3. The first-order valence-corrected chi connectivity index (χ1v) is 8.68. The van der Waals surface area contributed by atoms with Gasteiger partial charge in [0.15, 0.2) is 0 Å². The zero-order valence-electron chi connectivity index (χ0n) is 14.9. The van der Waals surface area contributed by atoms with E-state index in [0.29, 0.717) is 5.56 Å². The largest absolute Gasteiger partial charge is 0.290 e. The maximum atomic E-state index is 13.3. The van der Waals surface area contributed by atoms with Crippen LogP contribution in [0, 0.1) is 13.8 Å². The summed E-state index contributed by atoms with van der Waals surface area (Å²) in [5, 5.41) is 3.33. The molecule has 0 atom stereocenters. The van der Waals surface area contributed by atoms with Crippen LogP contribution in [0.4, 0.5) is 0 Å². The molecule has 0 saturated carbocycles. The SMILES string of the molecule is Cc1ccc(-c2c(-c3cccc(C)c3)[nH]n(-c3ccccc3)c2=O)cc1. The van der Waals surface area contributed by atoms with E-state index in [4.69, 9.17) is 0 Å². The van der Waals surface area contributed by atoms with Gasteiger partial charge in [0.05, 0.1) is 16.9 Å². The second-order valence-electron chi connectivity index (χ2n) is 6.57. The van der Waals surface area contributed by atoms with Gasteiger partial charge in [0, 0.05) is 5.56 Å². The van der Waals surface area contributed by atoms with Crippen LogP contribution in [0.2, 0.25) is 0 Å². The van der Waals surface area contributed by atoms with Crippen molar-refractivity contribution in [1.29, 1.82) is 0 Å². The highest BCUT2D eigenvalue weighted by atomic mass is 16.1. The van der Waals surface area contributed by atoms with Crippen molar-refractivity contribution in [3.05, 3.63) is 100 Å². The molecule has 0 bridgehead atoms. The summed E-state index contributed by atoms with van der Waals surface area (Å²) in [5.41, 5.74) is 6.57. The minimum Gasteiger partial charge on any atom is -0.290 e. The van der Waals surface area contributed by atoms with Crippen molar-refractivity contribution in [2.75, 3.05) is 0 Å². The Morgan fingerprint density at radius 2 is 1.46 bits per heavy atom. The average Bonchev–Trinajstić information content (AvgIpc) is 3.00. The Morgan fingerprint density at radius 1 is 0.731 bits per heavy atom.